The zero-order chi connectivity index (χ0) is 21.6. The van der Waals surface area contributed by atoms with Crippen molar-refractivity contribution in [1.29, 1.82) is 0 Å². The van der Waals surface area contributed by atoms with E-state index in [0.29, 0.717) is 24.5 Å². The lowest BCUT2D eigenvalue weighted by Crippen LogP contribution is -2.44. The van der Waals surface area contributed by atoms with E-state index in [-0.39, 0.29) is 17.7 Å². The van der Waals surface area contributed by atoms with Gasteiger partial charge in [-0.2, -0.15) is 0 Å². The van der Waals surface area contributed by atoms with Crippen LogP contribution in [0.5, 0.6) is 0 Å². The predicted octanol–water partition coefficient (Wildman–Crippen LogP) is 1.64. The number of nitrogens with one attached hydrogen (secondary N) is 2. The van der Waals surface area contributed by atoms with Gasteiger partial charge in [0.15, 0.2) is 0 Å². The highest BCUT2D eigenvalue weighted by Gasteiger charge is 2.67. The van der Waals surface area contributed by atoms with Gasteiger partial charge in [-0.25, -0.2) is 0 Å². The Balaban J connectivity index is 1.34. The molecule has 2 N–H and O–H groups in total. The number of aromatic nitrogens is 1. The molecule has 31 heavy (non-hydrogen) atoms. The lowest BCUT2D eigenvalue weighted by atomic mass is 9.77. The Morgan fingerprint density at radius 2 is 2.06 bits per heavy atom. The number of nitrogens with zero attached hydrogens (tertiary/aromatic N) is 2. The molecule has 1 aromatic heterocycles. The fourth-order valence-corrected chi connectivity index (χ4v) is 4.75. The van der Waals surface area contributed by atoms with Gasteiger partial charge in [0.25, 0.3) is 0 Å². The third kappa shape index (κ3) is 3.29. The second-order valence-corrected chi connectivity index (χ2v) is 8.13. The average Bonchev–Trinajstić information content (AvgIpc) is 3.41. The summed E-state index contributed by atoms with van der Waals surface area (Å²) in [6.45, 7) is 2.15. The van der Waals surface area contributed by atoms with Gasteiger partial charge in [0.1, 0.15) is 5.60 Å². The van der Waals surface area contributed by atoms with E-state index in [1.807, 2.05) is 24.3 Å². The Morgan fingerprint density at radius 1 is 1.26 bits per heavy atom. The number of rotatable bonds is 5. The summed E-state index contributed by atoms with van der Waals surface area (Å²) in [5, 5.41) is 5.64. The first-order valence-corrected chi connectivity index (χ1v) is 10.2. The number of fused-ring (bicyclic) bond motifs is 1. The van der Waals surface area contributed by atoms with Crippen LogP contribution in [0, 0.1) is 11.8 Å². The number of pyridine rings is 1. The number of benzene rings is 1. The topological polar surface area (TPSA) is 101 Å². The van der Waals surface area contributed by atoms with E-state index in [4.69, 9.17) is 4.74 Å². The second kappa shape index (κ2) is 7.31. The summed E-state index contributed by atoms with van der Waals surface area (Å²) in [7, 11) is 0. The highest BCUT2D eigenvalue weighted by atomic mass is 16.5. The highest BCUT2D eigenvalue weighted by molar-refractivity contribution is 6.03. The third-order valence-electron chi connectivity index (χ3n) is 6.09. The molecule has 8 nitrogen and oxygen atoms in total. The van der Waals surface area contributed by atoms with Crippen LogP contribution in [0.4, 0.5) is 11.4 Å². The Labute approximate surface area is 179 Å². The molecule has 158 valence electrons. The van der Waals surface area contributed by atoms with E-state index < -0.39 is 23.5 Å². The Kier molecular flexibility index (Phi) is 4.59. The van der Waals surface area contributed by atoms with E-state index in [0.717, 1.165) is 5.56 Å². The maximum absolute atomic E-state index is 13.4. The molecule has 2 fully saturated rings. The SMILES string of the molecule is CC(=O)Nc1ccc(N2C[C@]34C=C[C@H](O3)[C@@H](C(=O)NCc3cccnc3)[C@H]4C2=O)cc1. The van der Waals surface area contributed by atoms with Crippen LogP contribution in [0.15, 0.2) is 60.9 Å². The van der Waals surface area contributed by atoms with E-state index >= 15 is 0 Å². The molecule has 4 heterocycles. The summed E-state index contributed by atoms with van der Waals surface area (Å²) in [6.07, 6.45) is 6.80. The summed E-state index contributed by atoms with van der Waals surface area (Å²) in [4.78, 5) is 43.3. The monoisotopic (exact) mass is 418 g/mol. The first-order valence-electron chi connectivity index (χ1n) is 10.2. The predicted molar refractivity (Wildman–Crippen MR) is 113 cm³/mol. The van der Waals surface area contributed by atoms with Crippen LogP contribution in [0.1, 0.15) is 12.5 Å². The molecule has 1 spiro atoms. The van der Waals surface area contributed by atoms with Gasteiger partial charge in [-0.15, -0.1) is 0 Å². The molecule has 0 radical (unpaired) electrons. The maximum Gasteiger partial charge on any atom is 0.234 e. The fourth-order valence-electron chi connectivity index (χ4n) is 4.75. The zero-order valence-electron chi connectivity index (χ0n) is 16.9. The number of ether oxygens (including phenoxy) is 1. The van der Waals surface area contributed by atoms with E-state index in [9.17, 15) is 14.4 Å². The van der Waals surface area contributed by atoms with Crippen molar-refractivity contribution >= 4 is 29.1 Å². The van der Waals surface area contributed by atoms with Crippen molar-refractivity contribution in [3.8, 4) is 0 Å². The molecule has 4 atom stereocenters. The van der Waals surface area contributed by atoms with Gasteiger partial charge in [-0.05, 0) is 35.9 Å². The van der Waals surface area contributed by atoms with Crippen LogP contribution in [0.3, 0.4) is 0 Å². The number of carbonyl (C=O) groups is 3. The van der Waals surface area contributed by atoms with Crippen molar-refractivity contribution in [2.45, 2.75) is 25.2 Å². The van der Waals surface area contributed by atoms with E-state index in [1.54, 1.807) is 41.6 Å². The molecule has 2 aromatic rings. The average molecular weight is 418 g/mol. The Morgan fingerprint density at radius 3 is 2.77 bits per heavy atom. The van der Waals surface area contributed by atoms with Crippen LogP contribution in [0.25, 0.3) is 0 Å². The minimum atomic E-state index is -0.783. The highest BCUT2D eigenvalue weighted by Crippen LogP contribution is 2.52. The van der Waals surface area contributed by atoms with Crippen molar-refractivity contribution in [2.24, 2.45) is 11.8 Å². The molecule has 3 amide bonds. The number of anilines is 2. The lowest BCUT2D eigenvalue weighted by Gasteiger charge is -2.23. The Bertz CT molecular complexity index is 1070. The molecule has 1 aromatic carbocycles. The van der Waals surface area contributed by atoms with Gasteiger partial charge in [-0.3, -0.25) is 19.4 Å². The molecule has 0 unspecified atom stereocenters. The van der Waals surface area contributed by atoms with Crippen LogP contribution < -0.4 is 15.5 Å². The van der Waals surface area contributed by atoms with E-state index in [1.165, 1.54) is 6.92 Å². The minimum Gasteiger partial charge on any atom is -0.360 e. The molecule has 5 rings (SSSR count). The van der Waals surface area contributed by atoms with Crippen LogP contribution in [-0.4, -0.2) is 41.0 Å². The largest absolute Gasteiger partial charge is 0.360 e. The first kappa shape index (κ1) is 19.4. The van der Waals surface area contributed by atoms with Crippen LogP contribution >= 0.6 is 0 Å². The fraction of sp³-hybridized carbons (Fsp3) is 0.304. The maximum atomic E-state index is 13.4. The standard InChI is InChI=1S/C23H22N4O4/c1-14(28)26-16-4-6-17(7-5-16)27-13-23-9-8-18(31-23)19(20(23)22(27)30)21(29)25-12-15-3-2-10-24-11-15/h2-11,18-20H,12-13H2,1H3,(H,25,29)(H,26,28)/t18-,19+,20-,23-/m0/s1. The molecule has 3 aliphatic heterocycles. The normalized spacial score (nSPS) is 28.0. The van der Waals surface area contributed by atoms with Crippen molar-refractivity contribution < 1.29 is 19.1 Å². The zero-order valence-corrected chi connectivity index (χ0v) is 16.9. The smallest absolute Gasteiger partial charge is 0.234 e. The number of hydrogen-bond acceptors (Lipinski definition) is 5. The number of amides is 3. The number of carbonyl (C=O) groups excluding carboxylic acids is 3. The molecular formula is C23H22N4O4. The van der Waals surface area contributed by atoms with Crippen LogP contribution in [-0.2, 0) is 25.7 Å². The summed E-state index contributed by atoms with van der Waals surface area (Å²) in [5.41, 5.74) is 1.47. The molecule has 3 aliphatic rings. The minimum absolute atomic E-state index is 0.124. The summed E-state index contributed by atoms with van der Waals surface area (Å²) in [5.74, 6) is -1.61. The third-order valence-corrected chi connectivity index (χ3v) is 6.09. The van der Waals surface area contributed by atoms with Gasteiger partial charge in [0.2, 0.25) is 17.7 Å². The molecule has 2 saturated heterocycles. The second-order valence-electron chi connectivity index (χ2n) is 8.13. The van der Waals surface area contributed by atoms with Gasteiger partial charge in [0.05, 0.1) is 24.5 Å². The lowest BCUT2D eigenvalue weighted by molar-refractivity contribution is -0.132. The number of hydrogen-bond donors (Lipinski definition) is 2. The molecule has 0 aliphatic carbocycles. The Hall–Kier alpha value is -3.52. The van der Waals surface area contributed by atoms with Gasteiger partial charge in [-0.1, -0.05) is 18.2 Å². The van der Waals surface area contributed by atoms with Crippen molar-refractivity contribution in [3.05, 3.63) is 66.5 Å². The van der Waals surface area contributed by atoms with Crippen LogP contribution in [0.2, 0.25) is 0 Å². The first-order chi connectivity index (χ1) is 15.0. The molecule has 2 bridgehead atoms. The van der Waals surface area contributed by atoms with Crippen molar-refractivity contribution in [3.63, 3.8) is 0 Å². The van der Waals surface area contributed by atoms with Crippen molar-refractivity contribution in [2.75, 3.05) is 16.8 Å². The summed E-state index contributed by atoms with van der Waals surface area (Å²) < 4.78 is 6.16. The molecular weight excluding hydrogens is 396 g/mol. The van der Waals surface area contributed by atoms with Gasteiger partial charge < -0.3 is 20.3 Å². The molecule has 0 saturated carbocycles. The quantitative estimate of drug-likeness (QED) is 0.719. The summed E-state index contributed by atoms with van der Waals surface area (Å²) >= 11 is 0. The van der Waals surface area contributed by atoms with Gasteiger partial charge in [0, 0.05) is 37.2 Å². The van der Waals surface area contributed by atoms with Crippen molar-refractivity contribution in [1.82, 2.24) is 10.3 Å². The van der Waals surface area contributed by atoms with Gasteiger partial charge >= 0.3 is 0 Å². The summed E-state index contributed by atoms with van der Waals surface area (Å²) in [6, 6.07) is 10.8. The molecule has 8 heteroatoms. The van der Waals surface area contributed by atoms with E-state index in [2.05, 4.69) is 15.6 Å².